The van der Waals surface area contributed by atoms with Crippen LogP contribution in [0.3, 0.4) is 0 Å². The first-order valence-corrected chi connectivity index (χ1v) is 7.25. The Morgan fingerprint density at radius 1 is 1.42 bits per heavy atom. The summed E-state index contributed by atoms with van der Waals surface area (Å²) in [6.07, 6.45) is 3.02. The van der Waals surface area contributed by atoms with Crippen LogP contribution >= 0.6 is 11.6 Å². The second-order valence-corrected chi connectivity index (χ2v) is 5.24. The van der Waals surface area contributed by atoms with Gasteiger partial charge in [-0.2, -0.15) is 0 Å². The van der Waals surface area contributed by atoms with Gasteiger partial charge in [-0.25, -0.2) is 0 Å². The standard InChI is InChI=1S/C15H22ClNO2/c1-3-4-12(7-8-16)10-17-15(19)13-9-11(2)5-6-14(13)18/h5-6,9,12,18H,3-4,7-8,10H2,1-2H3,(H,17,19). The lowest BCUT2D eigenvalue weighted by Crippen LogP contribution is -2.29. The average Bonchev–Trinajstić information content (AvgIpc) is 2.39. The minimum Gasteiger partial charge on any atom is -0.507 e. The minimum atomic E-state index is -0.225. The van der Waals surface area contributed by atoms with E-state index in [1.54, 1.807) is 18.2 Å². The lowest BCUT2D eigenvalue weighted by molar-refractivity contribution is 0.0943. The molecule has 106 valence electrons. The zero-order chi connectivity index (χ0) is 14.3. The average molecular weight is 284 g/mol. The third-order valence-corrected chi connectivity index (χ3v) is 3.38. The summed E-state index contributed by atoms with van der Waals surface area (Å²) in [4.78, 5) is 12.0. The highest BCUT2D eigenvalue weighted by molar-refractivity contribution is 6.17. The summed E-state index contributed by atoms with van der Waals surface area (Å²) < 4.78 is 0. The smallest absolute Gasteiger partial charge is 0.255 e. The number of carbonyl (C=O) groups excluding carboxylic acids is 1. The number of benzene rings is 1. The number of alkyl halides is 1. The van der Waals surface area contributed by atoms with E-state index < -0.39 is 0 Å². The quantitative estimate of drug-likeness (QED) is 0.753. The molecule has 2 N–H and O–H groups in total. The van der Waals surface area contributed by atoms with Gasteiger partial charge in [-0.3, -0.25) is 4.79 Å². The highest BCUT2D eigenvalue weighted by Gasteiger charge is 2.13. The maximum Gasteiger partial charge on any atom is 0.255 e. The molecule has 0 aromatic heterocycles. The van der Waals surface area contributed by atoms with Crippen molar-refractivity contribution in [3.63, 3.8) is 0 Å². The normalized spacial score (nSPS) is 12.2. The van der Waals surface area contributed by atoms with Crippen LogP contribution in [0.25, 0.3) is 0 Å². The maximum atomic E-state index is 12.0. The lowest BCUT2D eigenvalue weighted by Gasteiger charge is -2.16. The van der Waals surface area contributed by atoms with Crippen molar-refractivity contribution in [2.45, 2.75) is 33.1 Å². The van der Waals surface area contributed by atoms with Gasteiger partial charge in [-0.1, -0.05) is 25.0 Å². The highest BCUT2D eigenvalue weighted by atomic mass is 35.5. The summed E-state index contributed by atoms with van der Waals surface area (Å²) in [6, 6.07) is 5.02. The molecule has 0 fully saturated rings. The summed E-state index contributed by atoms with van der Waals surface area (Å²) in [6.45, 7) is 4.62. The largest absolute Gasteiger partial charge is 0.507 e. The number of nitrogens with one attached hydrogen (secondary N) is 1. The molecule has 0 heterocycles. The summed E-state index contributed by atoms with van der Waals surface area (Å²) in [5, 5.41) is 12.6. The third-order valence-electron chi connectivity index (χ3n) is 3.16. The molecule has 0 saturated heterocycles. The molecule has 0 aliphatic rings. The number of carbonyl (C=O) groups is 1. The predicted molar refractivity (Wildman–Crippen MR) is 78.9 cm³/mol. The number of aryl methyl sites for hydroxylation is 1. The molecule has 1 aromatic rings. The van der Waals surface area contributed by atoms with Crippen molar-refractivity contribution in [1.82, 2.24) is 5.32 Å². The van der Waals surface area contributed by atoms with Gasteiger partial charge in [-0.05, 0) is 37.8 Å². The van der Waals surface area contributed by atoms with Crippen LogP contribution in [0.1, 0.15) is 42.1 Å². The van der Waals surface area contributed by atoms with Crippen LogP contribution in [-0.2, 0) is 0 Å². The summed E-state index contributed by atoms with van der Waals surface area (Å²) in [7, 11) is 0. The molecule has 0 radical (unpaired) electrons. The Hall–Kier alpha value is -1.22. The van der Waals surface area contributed by atoms with Crippen molar-refractivity contribution in [1.29, 1.82) is 0 Å². The molecular weight excluding hydrogens is 262 g/mol. The molecule has 1 atom stereocenters. The molecule has 19 heavy (non-hydrogen) atoms. The first-order valence-electron chi connectivity index (χ1n) is 6.72. The zero-order valence-corrected chi connectivity index (χ0v) is 12.3. The van der Waals surface area contributed by atoms with E-state index in [1.807, 2.05) is 6.92 Å². The molecule has 1 aromatic carbocycles. The van der Waals surface area contributed by atoms with Crippen molar-refractivity contribution < 1.29 is 9.90 Å². The Morgan fingerprint density at radius 2 is 2.16 bits per heavy atom. The van der Waals surface area contributed by atoms with Crippen molar-refractivity contribution in [3.8, 4) is 5.75 Å². The Bertz CT molecular complexity index is 415. The molecule has 0 saturated carbocycles. The fourth-order valence-electron chi connectivity index (χ4n) is 2.08. The van der Waals surface area contributed by atoms with E-state index in [1.165, 1.54) is 0 Å². The van der Waals surface area contributed by atoms with E-state index in [0.717, 1.165) is 24.8 Å². The molecule has 0 spiro atoms. The van der Waals surface area contributed by atoms with E-state index in [-0.39, 0.29) is 11.7 Å². The van der Waals surface area contributed by atoms with Gasteiger partial charge in [0.25, 0.3) is 5.91 Å². The van der Waals surface area contributed by atoms with Gasteiger partial charge in [0.05, 0.1) is 5.56 Å². The van der Waals surface area contributed by atoms with Gasteiger partial charge in [0.15, 0.2) is 0 Å². The molecule has 1 rings (SSSR count). The Labute approximate surface area is 120 Å². The first kappa shape index (κ1) is 15.8. The summed E-state index contributed by atoms with van der Waals surface area (Å²) >= 11 is 5.76. The van der Waals surface area contributed by atoms with Gasteiger partial charge in [-0.15, -0.1) is 11.6 Å². The lowest BCUT2D eigenvalue weighted by atomic mass is 10.0. The molecular formula is C15H22ClNO2. The molecule has 0 aliphatic heterocycles. The van der Waals surface area contributed by atoms with Crippen LogP contribution in [0.4, 0.5) is 0 Å². The van der Waals surface area contributed by atoms with Crippen LogP contribution < -0.4 is 5.32 Å². The first-order chi connectivity index (χ1) is 9.08. The van der Waals surface area contributed by atoms with Gasteiger partial charge in [0, 0.05) is 12.4 Å². The summed E-state index contributed by atoms with van der Waals surface area (Å²) in [5.74, 6) is 0.804. The number of halogens is 1. The number of rotatable bonds is 7. The highest BCUT2D eigenvalue weighted by Crippen LogP contribution is 2.18. The fraction of sp³-hybridized carbons (Fsp3) is 0.533. The topological polar surface area (TPSA) is 49.3 Å². The molecule has 3 nitrogen and oxygen atoms in total. The number of hydrogen-bond acceptors (Lipinski definition) is 2. The molecule has 0 aliphatic carbocycles. The fourth-order valence-corrected chi connectivity index (χ4v) is 2.38. The van der Waals surface area contributed by atoms with Crippen LogP contribution in [0, 0.1) is 12.8 Å². The number of amides is 1. The van der Waals surface area contributed by atoms with Gasteiger partial charge < -0.3 is 10.4 Å². The van der Waals surface area contributed by atoms with Gasteiger partial charge in [0.1, 0.15) is 5.75 Å². The van der Waals surface area contributed by atoms with E-state index in [9.17, 15) is 9.90 Å². The third kappa shape index (κ3) is 5.11. The predicted octanol–water partition coefficient (Wildman–Crippen LogP) is 3.48. The van der Waals surface area contributed by atoms with Crippen LogP contribution in [0.2, 0.25) is 0 Å². The monoisotopic (exact) mass is 283 g/mol. The van der Waals surface area contributed by atoms with Crippen molar-refractivity contribution >= 4 is 17.5 Å². The Morgan fingerprint density at radius 3 is 2.79 bits per heavy atom. The van der Waals surface area contributed by atoms with E-state index in [4.69, 9.17) is 11.6 Å². The van der Waals surface area contributed by atoms with Crippen LogP contribution in [-0.4, -0.2) is 23.4 Å². The molecule has 1 unspecified atom stereocenters. The summed E-state index contributed by atoms with van der Waals surface area (Å²) in [5.41, 5.74) is 1.29. The number of hydrogen-bond donors (Lipinski definition) is 2. The van der Waals surface area contributed by atoms with E-state index in [0.29, 0.717) is 23.9 Å². The maximum absolute atomic E-state index is 12.0. The molecule has 1 amide bonds. The van der Waals surface area contributed by atoms with Gasteiger partial charge >= 0.3 is 0 Å². The molecule has 0 bridgehead atoms. The second kappa shape index (κ2) is 8.05. The Balaban J connectivity index is 2.61. The zero-order valence-electron chi connectivity index (χ0n) is 11.6. The minimum absolute atomic E-state index is 0.0208. The van der Waals surface area contributed by atoms with Gasteiger partial charge in [0.2, 0.25) is 0 Å². The van der Waals surface area contributed by atoms with Crippen molar-refractivity contribution in [3.05, 3.63) is 29.3 Å². The van der Waals surface area contributed by atoms with Crippen LogP contribution in [0.15, 0.2) is 18.2 Å². The van der Waals surface area contributed by atoms with E-state index in [2.05, 4.69) is 12.2 Å². The number of phenolic OH excluding ortho intramolecular Hbond substituents is 1. The Kier molecular flexibility index (Phi) is 6.71. The molecule has 4 heteroatoms. The van der Waals surface area contributed by atoms with Crippen LogP contribution in [0.5, 0.6) is 5.75 Å². The number of aromatic hydroxyl groups is 1. The van der Waals surface area contributed by atoms with Crippen molar-refractivity contribution in [2.75, 3.05) is 12.4 Å². The SMILES string of the molecule is CCCC(CCCl)CNC(=O)c1cc(C)ccc1O. The second-order valence-electron chi connectivity index (χ2n) is 4.86. The van der Waals surface area contributed by atoms with Crippen molar-refractivity contribution in [2.24, 2.45) is 5.92 Å². The van der Waals surface area contributed by atoms with E-state index >= 15 is 0 Å². The number of phenols is 1.